The van der Waals surface area contributed by atoms with Crippen molar-refractivity contribution in [2.45, 2.75) is 6.10 Å². The molecule has 0 aromatic carbocycles. The quantitative estimate of drug-likeness (QED) is 0.499. The van der Waals surface area contributed by atoms with Crippen LogP contribution in [0.4, 0.5) is 0 Å². The van der Waals surface area contributed by atoms with Crippen LogP contribution < -0.4 is 5.32 Å². The largest absolute Gasteiger partial charge is 0.370 e. The second kappa shape index (κ2) is 3.12. The van der Waals surface area contributed by atoms with E-state index in [2.05, 4.69) is 22.9 Å². The van der Waals surface area contributed by atoms with Crippen LogP contribution >= 0.6 is 12.2 Å². The molecule has 1 rings (SSSR count). The van der Waals surface area contributed by atoms with E-state index in [-0.39, 0.29) is 6.10 Å². The third-order valence-electron chi connectivity index (χ3n) is 1.06. The lowest BCUT2D eigenvalue weighted by Crippen LogP contribution is -2.38. The molecule has 0 bridgehead atoms. The molecule has 1 fully saturated rings. The number of rotatable bonds is 1. The first kappa shape index (κ1) is 6.13. The number of morpholine rings is 1. The summed E-state index contributed by atoms with van der Waals surface area (Å²) in [5.74, 6) is 0. The van der Waals surface area contributed by atoms with Crippen LogP contribution in [-0.2, 0) is 4.74 Å². The van der Waals surface area contributed by atoms with Gasteiger partial charge in [-0.3, -0.25) is 0 Å². The Morgan fingerprint density at radius 2 is 2.62 bits per heavy atom. The van der Waals surface area contributed by atoms with Gasteiger partial charge in [-0.1, -0.05) is 12.2 Å². The Balaban J connectivity index is 2.22. The molecule has 8 heavy (non-hydrogen) atoms. The van der Waals surface area contributed by atoms with E-state index in [0.29, 0.717) is 0 Å². The fourth-order valence-electron chi connectivity index (χ4n) is 0.641. The summed E-state index contributed by atoms with van der Waals surface area (Å²) < 4.78 is 5.15. The molecule has 1 aliphatic rings. The highest BCUT2D eigenvalue weighted by atomic mass is 32.1. The smallest absolute Gasteiger partial charge is 0.106 e. The molecule has 1 N–H and O–H groups in total. The van der Waals surface area contributed by atoms with Gasteiger partial charge in [0.25, 0.3) is 0 Å². The van der Waals surface area contributed by atoms with Crippen molar-refractivity contribution in [1.82, 2.24) is 5.32 Å². The van der Waals surface area contributed by atoms with Crippen molar-refractivity contribution in [1.29, 1.82) is 0 Å². The minimum absolute atomic E-state index is 0.0405. The third-order valence-corrected chi connectivity index (χ3v) is 1.32. The van der Waals surface area contributed by atoms with E-state index in [4.69, 9.17) is 4.74 Å². The Hall–Kier alpha value is 0.0100. The molecule has 0 aromatic rings. The van der Waals surface area contributed by atoms with Gasteiger partial charge in [0.2, 0.25) is 0 Å². The highest BCUT2D eigenvalue weighted by Crippen LogP contribution is 1.90. The molecule has 1 unspecified atom stereocenters. The van der Waals surface area contributed by atoms with Gasteiger partial charge in [-0.15, -0.1) is 0 Å². The summed E-state index contributed by atoms with van der Waals surface area (Å²) in [6, 6.07) is 0. The summed E-state index contributed by atoms with van der Waals surface area (Å²) in [6.45, 7) is 2.52. The summed E-state index contributed by atoms with van der Waals surface area (Å²) in [4.78, 5) is 0. The van der Waals surface area contributed by atoms with Crippen molar-refractivity contribution < 1.29 is 4.74 Å². The van der Waals surface area contributed by atoms with Gasteiger partial charge in [0.1, 0.15) is 6.10 Å². The van der Waals surface area contributed by atoms with E-state index in [9.17, 15) is 0 Å². The molecule has 1 radical (unpaired) electrons. The second-order valence-electron chi connectivity index (χ2n) is 1.68. The van der Waals surface area contributed by atoms with E-state index in [1.807, 2.05) is 0 Å². The van der Waals surface area contributed by atoms with Crippen LogP contribution in [0.3, 0.4) is 0 Å². The van der Waals surface area contributed by atoms with Gasteiger partial charge in [-0.2, -0.15) is 0 Å². The van der Waals surface area contributed by atoms with Crippen LogP contribution in [0.25, 0.3) is 0 Å². The fraction of sp³-hybridized carbons (Fsp3) is 0.800. The average Bonchev–Trinajstić information content (AvgIpc) is 1.90. The van der Waals surface area contributed by atoms with E-state index < -0.39 is 0 Å². The number of thiocarbonyl (C=S) groups is 1. The van der Waals surface area contributed by atoms with Crippen LogP contribution in [0, 0.1) is 0 Å². The van der Waals surface area contributed by atoms with Gasteiger partial charge in [-0.25, -0.2) is 0 Å². The lowest BCUT2D eigenvalue weighted by molar-refractivity contribution is 0.0753. The predicted molar refractivity (Wildman–Crippen MR) is 35.2 cm³/mol. The molecule has 0 saturated carbocycles. The van der Waals surface area contributed by atoms with Crippen molar-refractivity contribution in [2.24, 2.45) is 0 Å². The molecule has 2 nitrogen and oxygen atoms in total. The van der Waals surface area contributed by atoms with Crippen LogP contribution in [0.1, 0.15) is 0 Å². The van der Waals surface area contributed by atoms with Crippen molar-refractivity contribution in [3.05, 3.63) is 0 Å². The lowest BCUT2D eigenvalue weighted by atomic mass is 10.3. The monoisotopic (exact) mass is 130 g/mol. The maximum absolute atomic E-state index is 5.15. The zero-order chi connectivity index (χ0) is 5.82. The molecule has 0 aromatic heterocycles. The molecule has 1 heterocycles. The molecule has 1 atom stereocenters. The van der Waals surface area contributed by atoms with E-state index >= 15 is 0 Å². The topological polar surface area (TPSA) is 21.3 Å². The average molecular weight is 130 g/mol. The summed E-state index contributed by atoms with van der Waals surface area (Å²) >= 11 is 4.56. The van der Waals surface area contributed by atoms with Gasteiger partial charge < -0.3 is 10.1 Å². The Bertz CT molecular complexity index is 80.5. The summed E-state index contributed by atoms with van der Waals surface area (Å²) in [5.41, 5.74) is 0. The SMILES string of the molecule is S=[C]C1CNCCO1. The summed E-state index contributed by atoms with van der Waals surface area (Å²) in [5, 5.41) is 5.73. The van der Waals surface area contributed by atoms with Crippen LogP contribution in [0.2, 0.25) is 0 Å². The van der Waals surface area contributed by atoms with Gasteiger partial charge in [0.05, 0.1) is 12.0 Å². The first-order chi connectivity index (χ1) is 3.93. The van der Waals surface area contributed by atoms with E-state index in [1.165, 1.54) is 0 Å². The molecule has 3 heteroatoms. The first-order valence-corrected chi connectivity index (χ1v) is 3.04. The zero-order valence-electron chi connectivity index (χ0n) is 4.52. The number of hydrogen-bond donors (Lipinski definition) is 1. The molecule has 45 valence electrons. The highest BCUT2D eigenvalue weighted by molar-refractivity contribution is 7.79. The van der Waals surface area contributed by atoms with Gasteiger partial charge in [0, 0.05) is 13.1 Å². The van der Waals surface area contributed by atoms with Gasteiger partial charge >= 0.3 is 0 Å². The van der Waals surface area contributed by atoms with Gasteiger partial charge in [0.15, 0.2) is 0 Å². The standard InChI is InChI=1S/C5H8NOS/c8-4-5-3-6-1-2-7-5/h5-6H,1-3H2. The van der Waals surface area contributed by atoms with E-state index in [0.717, 1.165) is 19.7 Å². The van der Waals surface area contributed by atoms with Crippen LogP contribution in [-0.4, -0.2) is 31.2 Å². The fourth-order valence-corrected chi connectivity index (χ4v) is 0.792. The number of ether oxygens (including phenoxy) is 1. The number of nitrogens with one attached hydrogen (secondary N) is 1. The van der Waals surface area contributed by atoms with E-state index in [1.54, 1.807) is 0 Å². The van der Waals surface area contributed by atoms with Crippen LogP contribution in [0.5, 0.6) is 0 Å². The minimum atomic E-state index is 0.0405. The normalized spacial score (nSPS) is 29.8. The Kier molecular flexibility index (Phi) is 2.39. The van der Waals surface area contributed by atoms with Crippen LogP contribution in [0.15, 0.2) is 0 Å². The summed E-state index contributed by atoms with van der Waals surface area (Å²) in [7, 11) is 0. The lowest BCUT2D eigenvalue weighted by Gasteiger charge is -2.18. The Morgan fingerprint density at radius 3 is 3.00 bits per heavy atom. The molecule has 1 saturated heterocycles. The minimum Gasteiger partial charge on any atom is -0.370 e. The van der Waals surface area contributed by atoms with Crippen molar-refractivity contribution >= 4 is 17.6 Å². The highest BCUT2D eigenvalue weighted by Gasteiger charge is 2.08. The molecule has 0 aliphatic carbocycles. The molecular weight excluding hydrogens is 122 g/mol. The molecule has 0 spiro atoms. The molecular formula is C5H8NOS. The second-order valence-corrected chi connectivity index (χ2v) is 1.92. The Morgan fingerprint density at radius 1 is 1.75 bits per heavy atom. The zero-order valence-corrected chi connectivity index (χ0v) is 5.33. The number of hydrogen-bond acceptors (Lipinski definition) is 3. The Labute approximate surface area is 54.2 Å². The van der Waals surface area contributed by atoms with Crippen molar-refractivity contribution in [3.63, 3.8) is 0 Å². The predicted octanol–water partition coefficient (Wildman–Crippen LogP) is -0.149. The molecule has 1 aliphatic heterocycles. The maximum Gasteiger partial charge on any atom is 0.106 e. The summed E-state index contributed by atoms with van der Waals surface area (Å²) in [6.07, 6.45) is 0.0405. The maximum atomic E-state index is 5.15. The van der Waals surface area contributed by atoms with Gasteiger partial charge in [-0.05, 0) is 0 Å². The third kappa shape index (κ3) is 1.51. The molecule has 0 amide bonds. The van der Waals surface area contributed by atoms with Crippen molar-refractivity contribution in [3.8, 4) is 0 Å². The first-order valence-electron chi connectivity index (χ1n) is 2.63. The van der Waals surface area contributed by atoms with Crippen molar-refractivity contribution in [2.75, 3.05) is 19.7 Å².